The Balaban J connectivity index is 3.18. The van der Waals surface area contributed by atoms with Crippen molar-refractivity contribution in [3.63, 3.8) is 0 Å². The van der Waals surface area contributed by atoms with Gasteiger partial charge in [-0.2, -0.15) is 16.8 Å². The van der Waals surface area contributed by atoms with Crippen molar-refractivity contribution >= 4 is 43.6 Å². The Kier molecular flexibility index (Phi) is 3.35. The molecule has 0 saturated carbocycles. The van der Waals surface area contributed by atoms with E-state index in [2.05, 4.69) is 12.6 Å². The standard InChI is InChI=1S/C10H8O6S3/c11-18(12,13)9-7-4-2-1-3-6(7)5-8(17)10(9)19(14,15)16/h1-5,17H,(H,11,12,13)(H,14,15,16). The van der Waals surface area contributed by atoms with E-state index in [1.54, 1.807) is 6.07 Å². The Hall–Kier alpha value is -1.13. The summed E-state index contributed by atoms with van der Waals surface area (Å²) in [6, 6.07) is 7.22. The fraction of sp³-hybridized carbons (Fsp3) is 0. The lowest BCUT2D eigenvalue weighted by Gasteiger charge is -2.11. The molecule has 0 radical (unpaired) electrons. The van der Waals surface area contributed by atoms with E-state index >= 15 is 0 Å². The van der Waals surface area contributed by atoms with E-state index in [9.17, 15) is 21.4 Å². The summed E-state index contributed by atoms with van der Waals surface area (Å²) in [6.07, 6.45) is 0. The third kappa shape index (κ3) is 2.60. The maximum Gasteiger partial charge on any atom is 0.297 e. The Bertz CT molecular complexity index is 868. The average molecular weight is 320 g/mol. The van der Waals surface area contributed by atoms with Gasteiger partial charge in [0.1, 0.15) is 9.79 Å². The van der Waals surface area contributed by atoms with E-state index in [-0.39, 0.29) is 10.3 Å². The number of hydrogen-bond donors (Lipinski definition) is 3. The van der Waals surface area contributed by atoms with Crippen LogP contribution < -0.4 is 0 Å². The molecule has 0 atom stereocenters. The van der Waals surface area contributed by atoms with E-state index < -0.39 is 30.0 Å². The zero-order chi connectivity index (χ0) is 14.4. The van der Waals surface area contributed by atoms with E-state index in [1.807, 2.05) is 0 Å². The van der Waals surface area contributed by atoms with Crippen molar-refractivity contribution in [3.05, 3.63) is 30.3 Å². The smallest absolute Gasteiger partial charge is 0.282 e. The zero-order valence-corrected chi connectivity index (χ0v) is 11.7. The lowest BCUT2D eigenvalue weighted by atomic mass is 10.1. The van der Waals surface area contributed by atoms with Crippen LogP contribution in [-0.4, -0.2) is 25.9 Å². The number of fused-ring (bicyclic) bond motifs is 1. The van der Waals surface area contributed by atoms with Crippen molar-refractivity contribution in [2.45, 2.75) is 14.7 Å². The highest BCUT2D eigenvalue weighted by Gasteiger charge is 2.29. The molecule has 0 aliphatic rings. The molecule has 0 heterocycles. The molecule has 6 nitrogen and oxygen atoms in total. The van der Waals surface area contributed by atoms with Gasteiger partial charge < -0.3 is 0 Å². The second-order valence-electron chi connectivity index (χ2n) is 3.73. The molecule has 0 aromatic heterocycles. The molecule has 19 heavy (non-hydrogen) atoms. The Morgan fingerprint density at radius 2 is 1.42 bits per heavy atom. The van der Waals surface area contributed by atoms with Crippen LogP contribution in [0.5, 0.6) is 0 Å². The van der Waals surface area contributed by atoms with Crippen LogP contribution in [0.4, 0.5) is 0 Å². The van der Waals surface area contributed by atoms with Gasteiger partial charge in [-0.15, -0.1) is 12.6 Å². The molecule has 2 N–H and O–H groups in total. The minimum atomic E-state index is -4.85. The molecule has 0 bridgehead atoms. The molecule has 102 valence electrons. The largest absolute Gasteiger partial charge is 0.297 e. The van der Waals surface area contributed by atoms with Crippen molar-refractivity contribution in [1.82, 2.24) is 0 Å². The minimum absolute atomic E-state index is 0.0181. The van der Waals surface area contributed by atoms with E-state index in [0.29, 0.717) is 5.39 Å². The van der Waals surface area contributed by atoms with Crippen molar-refractivity contribution < 1.29 is 25.9 Å². The highest BCUT2D eigenvalue weighted by molar-refractivity contribution is 7.90. The maximum absolute atomic E-state index is 11.4. The Labute approximate surface area is 115 Å². The van der Waals surface area contributed by atoms with Gasteiger partial charge in [-0.25, -0.2) is 0 Å². The van der Waals surface area contributed by atoms with Crippen molar-refractivity contribution in [2.24, 2.45) is 0 Å². The molecule has 0 unspecified atom stereocenters. The lowest BCUT2D eigenvalue weighted by Crippen LogP contribution is -2.10. The predicted molar refractivity (Wildman–Crippen MR) is 70.8 cm³/mol. The van der Waals surface area contributed by atoms with E-state index in [1.165, 1.54) is 24.3 Å². The second kappa shape index (κ2) is 4.46. The van der Waals surface area contributed by atoms with Crippen LogP contribution in [0, 0.1) is 0 Å². The van der Waals surface area contributed by atoms with Gasteiger partial charge in [0, 0.05) is 10.3 Å². The topological polar surface area (TPSA) is 109 Å². The predicted octanol–water partition coefficient (Wildman–Crippen LogP) is 1.62. The Morgan fingerprint density at radius 1 is 0.895 bits per heavy atom. The summed E-state index contributed by atoms with van der Waals surface area (Å²) in [5.74, 6) is 0. The van der Waals surface area contributed by atoms with Crippen LogP contribution in [0.3, 0.4) is 0 Å². The monoisotopic (exact) mass is 320 g/mol. The summed E-state index contributed by atoms with van der Waals surface area (Å²) in [5, 5.41) is 0.350. The molecule has 0 saturated heterocycles. The van der Waals surface area contributed by atoms with Crippen molar-refractivity contribution in [3.8, 4) is 0 Å². The molecule has 2 aromatic carbocycles. The van der Waals surface area contributed by atoms with Gasteiger partial charge >= 0.3 is 0 Å². The SMILES string of the molecule is O=S(=O)(O)c1c(S)cc2ccccc2c1S(=O)(=O)O. The van der Waals surface area contributed by atoms with Crippen LogP contribution in [-0.2, 0) is 20.2 Å². The first-order valence-corrected chi connectivity index (χ1v) is 8.15. The van der Waals surface area contributed by atoms with Gasteiger partial charge in [0.2, 0.25) is 0 Å². The average Bonchev–Trinajstić information content (AvgIpc) is 2.24. The molecule has 0 spiro atoms. The van der Waals surface area contributed by atoms with Crippen LogP contribution in [0.1, 0.15) is 0 Å². The van der Waals surface area contributed by atoms with Gasteiger partial charge in [0.05, 0.1) is 0 Å². The zero-order valence-electron chi connectivity index (χ0n) is 9.18. The third-order valence-electron chi connectivity index (χ3n) is 2.45. The number of benzene rings is 2. The molecule has 0 amide bonds. The molecular weight excluding hydrogens is 312 g/mol. The van der Waals surface area contributed by atoms with Crippen LogP contribution in [0.2, 0.25) is 0 Å². The maximum atomic E-state index is 11.4. The minimum Gasteiger partial charge on any atom is -0.282 e. The summed E-state index contributed by atoms with van der Waals surface area (Å²) in [4.78, 5) is -2.08. The molecule has 0 fully saturated rings. The summed E-state index contributed by atoms with van der Waals surface area (Å²) >= 11 is 3.85. The fourth-order valence-corrected chi connectivity index (χ4v) is 4.57. The van der Waals surface area contributed by atoms with Gasteiger partial charge in [0.25, 0.3) is 20.2 Å². The van der Waals surface area contributed by atoms with Gasteiger partial charge in [-0.05, 0) is 11.5 Å². The lowest BCUT2D eigenvalue weighted by molar-refractivity contribution is 0.465. The normalized spacial score (nSPS) is 12.8. The second-order valence-corrected chi connectivity index (χ2v) is 6.92. The third-order valence-corrected chi connectivity index (χ3v) is 4.97. The van der Waals surface area contributed by atoms with Gasteiger partial charge in [-0.3, -0.25) is 9.11 Å². The van der Waals surface area contributed by atoms with Crippen LogP contribution in [0.15, 0.2) is 45.0 Å². The Morgan fingerprint density at radius 3 is 1.95 bits per heavy atom. The first kappa shape index (κ1) is 14.3. The van der Waals surface area contributed by atoms with Crippen LogP contribution >= 0.6 is 12.6 Å². The molecule has 2 rings (SSSR count). The summed E-state index contributed by atoms with van der Waals surface area (Å²) < 4.78 is 63.8. The van der Waals surface area contributed by atoms with E-state index in [0.717, 1.165) is 0 Å². The number of thiol groups is 1. The van der Waals surface area contributed by atoms with Crippen molar-refractivity contribution in [1.29, 1.82) is 0 Å². The highest BCUT2D eigenvalue weighted by Crippen LogP contribution is 2.34. The quantitative estimate of drug-likeness (QED) is 0.573. The van der Waals surface area contributed by atoms with Crippen molar-refractivity contribution in [2.75, 3.05) is 0 Å². The number of rotatable bonds is 2. The first-order chi connectivity index (χ1) is 8.62. The van der Waals surface area contributed by atoms with Crippen LogP contribution in [0.25, 0.3) is 10.8 Å². The molecule has 9 heteroatoms. The molecule has 0 aliphatic heterocycles. The van der Waals surface area contributed by atoms with E-state index in [4.69, 9.17) is 4.55 Å². The molecule has 2 aromatic rings. The number of hydrogen-bond acceptors (Lipinski definition) is 5. The molecular formula is C10H8O6S3. The van der Waals surface area contributed by atoms with Gasteiger partial charge in [-0.1, -0.05) is 24.3 Å². The summed E-state index contributed by atoms with van der Waals surface area (Å²) in [5.41, 5.74) is 0. The molecule has 0 aliphatic carbocycles. The fourth-order valence-electron chi connectivity index (χ4n) is 1.79. The van der Waals surface area contributed by atoms with Gasteiger partial charge in [0.15, 0.2) is 0 Å². The highest BCUT2D eigenvalue weighted by atomic mass is 32.2. The summed E-state index contributed by atoms with van der Waals surface area (Å²) in [6.45, 7) is 0. The first-order valence-electron chi connectivity index (χ1n) is 4.82. The summed E-state index contributed by atoms with van der Waals surface area (Å²) in [7, 11) is -9.71.